The van der Waals surface area contributed by atoms with Gasteiger partial charge in [-0.15, -0.1) is 0 Å². The molecule has 0 radical (unpaired) electrons. The van der Waals surface area contributed by atoms with Gasteiger partial charge < -0.3 is 9.64 Å². The fraction of sp³-hybridized carbons (Fsp3) is 0.316. The number of carbonyl (C=O) groups excluding carboxylic acids is 1. The number of hydrogen-bond donors (Lipinski definition) is 0. The normalized spacial score (nSPS) is 15.6. The Balaban J connectivity index is 1.66. The molecule has 1 amide bonds. The molecule has 0 saturated carbocycles. The van der Waals surface area contributed by atoms with E-state index in [0.717, 1.165) is 4.47 Å². The quantitative estimate of drug-likeness (QED) is 0.698. The molecule has 1 saturated heterocycles. The number of nitrogens with zero attached hydrogens (tertiary/aromatic N) is 2. The molecule has 0 atom stereocenters. The summed E-state index contributed by atoms with van der Waals surface area (Å²) in [6, 6.07) is 13.6. The molecule has 6 nitrogen and oxygen atoms in total. The third kappa shape index (κ3) is 4.51. The van der Waals surface area contributed by atoms with Crippen LogP contribution in [-0.4, -0.2) is 56.3 Å². The summed E-state index contributed by atoms with van der Waals surface area (Å²) in [6.07, 6.45) is 0. The van der Waals surface area contributed by atoms with Crippen LogP contribution in [0.15, 0.2) is 57.9 Å². The average molecular weight is 453 g/mol. The summed E-state index contributed by atoms with van der Waals surface area (Å²) in [7, 11) is -3.58. The predicted octanol–water partition coefficient (Wildman–Crippen LogP) is 2.99. The minimum atomic E-state index is -3.58. The first-order valence-corrected chi connectivity index (χ1v) is 10.9. The van der Waals surface area contributed by atoms with Crippen molar-refractivity contribution in [3.8, 4) is 5.75 Å². The molecule has 3 rings (SSSR count). The topological polar surface area (TPSA) is 66.9 Å². The smallest absolute Gasteiger partial charge is 0.253 e. The first-order valence-electron chi connectivity index (χ1n) is 8.69. The highest BCUT2D eigenvalue weighted by atomic mass is 79.9. The average Bonchev–Trinajstić information content (AvgIpc) is 2.68. The second-order valence-electron chi connectivity index (χ2n) is 6.11. The molecule has 0 bridgehead atoms. The first-order chi connectivity index (χ1) is 12.9. The molecule has 0 unspecified atom stereocenters. The Morgan fingerprint density at radius 1 is 1.07 bits per heavy atom. The van der Waals surface area contributed by atoms with E-state index in [1.54, 1.807) is 41.3 Å². The second kappa shape index (κ2) is 8.41. The summed E-state index contributed by atoms with van der Waals surface area (Å²) in [4.78, 5) is 14.5. The molecule has 8 heteroatoms. The Morgan fingerprint density at radius 3 is 2.33 bits per heavy atom. The maximum Gasteiger partial charge on any atom is 0.253 e. The molecule has 1 aliphatic rings. The Kier molecular flexibility index (Phi) is 6.18. The lowest BCUT2D eigenvalue weighted by Crippen LogP contribution is -2.50. The number of piperazine rings is 1. The standard InChI is InChI=1S/C19H21BrN2O4S/c1-2-26-17-6-8-18(9-7-17)27(24,25)22-12-10-21(11-13-22)19(23)15-4-3-5-16(20)14-15/h3-9,14H,2,10-13H2,1H3. The second-order valence-corrected chi connectivity index (χ2v) is 8.96. The molecular weight excluding hydrogens is 432 g/mol. The van der Waals surface area contributed by atoms with E-state index in [0.29, 0.717) is 31.0 Å². The van der Waals surface area contributed by atoms with Gasteiger partial charge in [0.05, 0.1) is 11.5 Å². The zero-order valence-electron chi connectivity index (χ0n) is 15.0. The number of hydrogen-bond acceptors (Lipinski definition) is 4. The summed E-state index contributed by atoms with van der Waals surface area (Å²) in [5.74, 6) is 0.551. The Bertz CT molecular complexity index is 908. The van der Waals surface area contributed by atoms with Crippen LogP contribution >= 0.6 is 15.9 Å². The number of rotatable bonds is 5. The monoisotopic (exact) mass is 452 g/mol. The first kappa shape index (κ1) is 19.9. The van der Waals surface area contributed by atoms with Crippen LogP contribution in [0.25, 0.3) is 0 Å². The van der Waals surface area contributed by atoms with Crippen LogP contribution in [0.1, 0.15) is 17.3 Å². The number of benzene rings is 2. The van der Waals surface area contributed by atoms with Crippen molar-refractivity contribution in [3.05, 3.63) is 58.6 Å². The molecule has 0 aromatic heterocycles. The molecule has 0 spiro atoms. The van der Waals surface area contributed by atoms with Crippen LogP contribution in [0.4, 0.5) is 0 Å². The van der Waals surface area contributed by atoms with Crippen molar-refractivity contribution in [1.82, 2.24) is 9.21 Å². The van der Waals surface area contributed by atoms with E-state index in [4.69, 9.17) is 4.74 Å². The van der Waals surface area contributed by atoms with Gasteiger partial charge in [0.25, 0.3) is 5.91 Å². The van der Waals surface area contributed by atoms with E-state index in [2.05, 4.69) is 15.9 Å². The van der Waals surface area contributed by atoms with Gasteiger partial charge in [-0.05, 0) is 49.4 Å². The van der Waals surface area contributed by atoms with Gasteiger partial charge in [-0.2, -0.15) is 4.31 Å². The van der Waals surface area contributed by atoms with E-state index in [9.17, 15) is 13.2 Å². The maximum absolute atomic E-state index is 12.8. The molecule has 2 aromatic rings. The fourth-order valence-electron chi connectivity index (χ4n) is 2.96. The van der Waals surface area contributed by atoms with Crippen LogP contribution in [0.2, 0.25) is 0 Å². The summed E-state index contributed by atoms with van der Waals surface area (Å²) < 4.78 is 33.3. The van der Waals surface area contributed by atoms with Gasteiger partial charge >= 0.3 is 0 Å². The van der Waals surface area contributed by atoms with Crippen LogP contribution in [0.5, 0.6) is 5.75 Å². The number of halogens is 1. The highest BCUT2D eigenvalue weighted by molar-refractivity contribution is 9.10. The Morgan fingerprint density at radius 2 is 1.74 bits per heavy atom. The van der Waals surface area contributed by atoms with Crippen LogP contribution < -0.4 is 4.74 Å². The van der Waals surface area contributed by atoms with Gasteiger partial charge in [0.15, 0.2) is 0 Å². The lowest BCUT2D eigenvalue weighted by molar-refractivity contribution is 0.0698. The molecule has 2 aromatic carbocycles. The number of sulfonamides is 1. The third-order valence-corrected chi connectivity index (χ3v) is 6.78. The highest BCUT2D eigenvalue weighted by Crippen LogP contribution is 2.22. The van der Waals surface area contributed by atoms with Crippen LogP contribution in [0, 0.1) is 0 Å². The highest BCUT2D eigenvalue weighted by Gasteiger charge is 2.30. The Hall–Kier alpha value is -1.90. The van der Waals surface area contributed by atoms with E-state index >= 15 is 0 Å². The summed E-state index contributed by atoms with van der Waals surface area (Å²) in [5.41, 5.74) is 0.590. The van der Waals surface area contributed by atoms with Crippen molar-refractivity contribution in [2.75, 3.05) is 32.8 Å². The SMILES string of the molecule is CCOc1ccc(S(=O)(=O)N2CCN(C(=O)c3cccc(Br)c3)CC2)cc1. The van der Waals surface area contributed by atoms with Gasteiger partial charge in [0.2, 0.25) is 10.0 Å². The molecular formula is C19H21BrN2O4S. The number of amides is 1. The molecule has 144 valence electrons. The predicted molar refractivity (Wildman–Crippen MR) is 106 cm³/mol. The zero-order chi connectivity index (χ0) is 19.4. The van der Waals surface area contributed by atoms with Crippen LogP contribution in [-0.2, 0) is 10.0 Å². The van der Waals surface area contributed by atoms with Crippen molar-refractivity contribution in [3.63, 3.8) is 0 Å². The third-order valence-electron chi connectivity index (χ3n) is 4.37. The molecule has 1 fully saturated rings. The van der Waals surface area contributed by atoms with Gasteiger partial charge in [0.1, 0.15) is 5.75 Å². The zero-order valence-corrected chi connectivity index (χ0v) is 17.4. The molecule has 0 N–H and O–H groups in total. The van der Waals surface area contributed by atoms with Crippen LogP contribution in [0.3, 0.4) is 0 Å². The van der Waals surface area contributed by atoms with E-state index < -0.39 is 10.0 Å². The largest absolute Gasteiger partial charge is 0.494 e. The van der Waals surface area contributed by atoms with E-state index in [1.165, 1.54) is 4.31 Å². The molecule has 27 heavy (non-hydrogen) atoms. The molecule has 0 aliphatic carbocycles. The maximum atomic E-state index is 12.8. The summed E-state index contributed by atoms with van der Waals surface area (Å²) in [6.45, 7) is 3.67. The number of carbonyl (C=O) groups is 1. The molecule has 1 aliphatic heterocycles. The number of ether oxygens (including phenoxy) is 1. The van der Waals surface area contributed by atoms with Gasteiger partial charge in [0, 0.05) is 36.2 Å². The van der Waals surface area contributed by atoms with Gasteiger partial charge in [-0.3, -0.25) is 4.79 Å². The van der Waals surface area contributed by atoms with Crippen molar-refractivity contribution >= 4 is 31.9 Å². The van der Waals surface area contributed by atoms with E-state index in [1.807, 2.05) is 19.1 Å². The molecule has 1 heterocycles. The lowest BCUT2D eigenvalue weighted by atomic mass is 10.2. The van der Waals surface area contributed by atoms with Crippen molar-refractivity contribution < 1.29 is 17.9 Å². The van der Waals surface area contributed by atoms with Gasteiger partial charge in [-0.25, -0.2) is 8.42 Å². The van der Waals surface area contributed by atoms with Gasteiger partial charge in [-0.1, -0.05) is 22.0 Å². The minimum absolute atomic E-state index is 0.0885. The summed E-state index contributed by atoms with van der Waals surface area (Å²) >= 11 is 3.36. The minimum Gasteiger partial charge on any atom is -0.494 e. The fourth-order valence-corrected chi connectivity index (χ4v) is 4.78. The lowest BCUT2D eigenvalue weighted by Gasteiger charge is -2.34. The van der Waals surface area contributed by atoms with E-state index in [-0.39, 0.29) is 23.9 Å². The summed E-state index contributed by atoms with van der Waals surface area (Å²) in [5, 5.41) is 0. The van der Waals surface area contributed by atoms with Crippen molar-refractivity contribution in [1.29, 1.82) is 0 Å². The van der Waals surface area contributed by atoms with Crippen molar-refractivity contribution in [2.45, 2.75) is 11.8 Å². The Labute approximate surface area is 167 Å². The van der Waals surface area contributed by atoms with Crippen molar-refractivity contribution in [2.24, 2.45) is 0 Å².